The highest BCUT2D eigenvalue weighted by molar-refractivity contribution is 5.30. The summed E-state index contributed by atoms with van der Waals surface area (Å²) in [5, 5.41) is 7.23. The summed E-state index contributed by atoms with van der Waals surface area (Å²) >= 11 is 0. The first-order valence-corrected chi connectivity index (χ1v) is 5.21. The Balaban J connectivity index is 2.17. The molecule has 0 aromatic carbocycles. The van der Waals surface area contributed by atoms with Crippen LogP contribution in [0.15, 0.2) is 0 Å². The molecule has 0 saturated heterocycles. The first kappa shape index (κ1) is 9.30. The van der Waals surface area contributed by atoms with Crippen LogP contribution in [0.25, 0.3) is 0 Å². The van der Waals surface area contributed by atoms with Crippen molar-refractivity contribution in [3.05, 3.63) is 0 Å². The SMILES string of the molecule is CNc1nc(N)n(C2CCCCC2)n1. The number of nitrogen functional groups attached to an aromatic ring is 1. The lowest BCUT2D eigenvalue weighted by atomic mass is 9.96. The molecule has 78 valence electrons. The van der Waals surface area contributed by atoms with E-state index >= 15 is 0 Å². The predicted molar refractivity (Wildman–Crippen MR) is 56.1 cm³/mol. The van der Waals surface area contributed by atoms with Gasteiger partial charge in [0.1, 0.15) is 0 Å². The second-order valence-electron chi connectivity index (χ2n) is 3.78. The number of aromatic nitrogens is 3. The average Bonchev–Trinajstić information content (AvgIpc) is 2.61. The lowest BCUT2D eigenvalue weighted by Gasteiger charge is -2.21. The molecule has 1 aromatic heterocycles. The monoisotopic (exact) mass is 195 g/mol. The number of rotatable bonds is 2. The fraction of sp³-hybridized carbons (Fsp3) is 0.778. The minimum absolute atomic E-state index is 0.457. The van der Waals surface area contributed by atoms with E-state index in [9.17, 15) is 0 Å². The van der Waals surface area contributed by atoms with Crippen LogP contribution in [-0.4, -0.2) is 21.8 Å². The van der Waals surface area contributed by atoms with Crippen molar-refractivity contribution in [3.63, 3.8) is 0 Å². The summed E-state index contributed by atoms with van der Waals surface area (Å²) in [7, 11) is 1.81. The molecule has 0 bridgehead atoms. The molecule has 0 unspecified atom stereocenters. The Morgan fingerprint density at radius 1 is 1.36 bits per heavy atom. The van der Waals surface area contributed by atoms with Gasteiger partial charge in [-0.2, -0.15) is 4.98 Å². The molecule has 1 aromatic rings. The fourth-order valence-electron chi connectivity index (χ4n) is 2.04. The van der Waals surface area contributed by atoms with Crippen LogP contribution >= 0.6 is 0 Å². The van der Waals surface area contributed by atoms with Crippen LogP contribution < -0.4 is 11.1 Å². The van der Waals surface area contributed by atoms with Gasteiger partial charge in [0, 0.05) is 7.05 Å². The first-order chi connectivity index (χ1) is 6.81. The van der Waals surface area contributed by atoms with E-state index in [0.29, 0.717) is 17.9 Å². The normalized spacial score (nSPS) is 18.4. The maximum absolute atomic E-state index is 5.80. The van der Waals surface area contributed by atoms with Gasteiger partial charge in [0.2, 0.25) is 11.9 Å². The summed E-state index contributed by atoms with van der Waals surface area (Å²) in [4.78, 5) is 4.12. The molecule has 5 heteroatoms. The smallest absolute Gasteiger partial charge is 0.243 e. The van der Waals surface area contributed by atoms with E-state index in [4.69, 9.17) is 5.73 Å². The van der Waals surface area contributed by atoms with Crippen molar-refractivity contribution < 1.29 is 0 Å². The predicted octanol–water partition coefficient (Wildman–Crippen LogP) is 1.41. The highest BCUT2D eigenvalue weighted by Gasteiger charge is 2.19. The molecule has 0 spiro atoms. The van der Waals surface area contributed by atoms with E-state index in [0.717, 1.165) is 0 Å². The van der Waals surface area contributed by atoms with E-state index in [1.807, 2.05) is 4.68 Å². The zero-order valence-corrected chi connectivity index (χ0v) is 8.53. The number of hydrogen-bond donors (Lipinski definition) is 2. The van der Waals surface area contributed by atoms with Crippen molar-refractivity contribution in [2.24, 2.45) is 0 Å². The summed E-state index contributed by atoms with van der Waals surface area (Å²) in [5.41, 5.74) is 5.80. The van der Waals surface area contributed by atoms with E-state index in [1.165, 1.54) is 32.1 Å². The van der Waals surface area contributed by atoms with Crippen LogP contribution in [0.5, 0.6) is 0 Å². The zero-order chi connectivity index (χ0) is 9.97. The molecule has 1 fully saturated rings. The Morgan fingerprint density at radius 3 is 2.64 bits per heavy atom. The first-order valence-electron chi connectivity index (χ1n) is 5.21. The summed E-state index contributed by atoms with van der Waals surface area (Å²) in [6.45, 7) is 0. The van der Waals surface area contributed by atoms with Crippen LogP contribution in [0.3, 0.4) is 0 Å². The van der Waals surface area contributed by atoms with Gasteiger partial charge in [-0.1, -0.05) is 19.3 Å². The Kier molecular flexibility index (Phi) is 2.56. The Hall–Kier alpha value is -1.26. The van der Waals surface area contributed by atoms with Crippen molar-refractivity contribution >= 4 is 11.9 Å². The third-order valence-corrected chi connectivity index (χ3v) is 2.80. The second-order valence-corrected chi connectivity index (χ2v) is 3.78. The lowest BCUT2D eigenvalue weighted by molar-refractivity contribution is 0.333. The van der Waals surface area contributed by atoms with E-state index in [2.05, 4.69) is 15.4 Å². The van der Waals surface area contributed by atoms with Crippen molar-refractivity contribution in [1.82, 2.24) is 14.8 Å². The van der Waals surface area contributed by atoms with Gasteiger partial charge in [0.25, 0.3) is 0 Å². The molecule has 0 amide bonds. The second kappa shape index (κ2) is 3.86. The highest BCUT2D eigenvalue weighted by atomic mass is 15.4. The molecule has 14 heavy (non-hydrogen) atoms. The van der Waals surface area contributed by atoms with E-state index in [1.54, 1.807) is 7.05 Å². The Morgan fingerprint density at radius 2 is 2.07 bits per heavy atom. The molecule has 1 saturated carbocycles. The molecule has 1 heterocycles. The zero-order valence-electron chi connectivity index (χ0n) is 8.53. The molecular formula is C9H17N5. The Bertz CT molecular complexity index is 300. The van der Waals surface area contributed by atoms with Crippen LogP contribution in [0, 0.1) is 0 Å². The topological polar surface area (TPSA) is 68.8 Å². The molecule has 1 aliphatic rings. The van der Waals surface area contributed by atoms with Crippen LogP contribution in [0.4, 0.5) is 11.9 Å². The van der Waals surface area contributed by atoms with Gasteiger partial charge in [-0.3, -0.25) is 0 Å². The molecule has 3 N–H and O–H groups in total. The van der Waals surface area contributed by atoms with Gasteiger partial charge in [-0.05, 0) is 12.8 Å². The minimum atomic E-state index is 0.457. The van der Waals surface area contributed by atoms with Gasteiger partial charge in [0.05, 0.1) is 6.04 Å². The quantitative estimate of drug-likeness (QED) is 0.748. The summed E-state index contributed by atoms with van der Waals surface area (Å²) in [6.07, 6.45) is 6.25. The molecule has 1 aliphatic carbocycles. The third-order valence-electron chi connectivity index (χ3n) is 2.80. The van der Waals surface area contributed by atoms with Crippen LogP contribution in [0.1, 0.15) is 38.1 Å². The fourth-order valence-corrected chi connectivity index (χ4v) is 2.04. The number of nitrogens with zero attached hydrogens (tertiary/aromatic N) is 3. The van der Waals surface area contributed by atoms with Crippen molar-refractivity contribution in [2.45, 2.75) is 38.1 Å². The van der Waals surface area contributed by atoms with Gasteiger partial charge < -0.3 is 11.1 Å². The number of hydrogen-bond acceptors (Lipinski definition) is 4. The maximum atomic E-state index is 5.80. The van der Waals surface area contributed by atoms with Gasteiger partial charge in [0.15, 0.2) is 0 Å². The third kappa shape index (κ3) is 1.66. The minimum Gasteiger partial charge on any atom is -0.368 e. The molecule has 2 rings (SSSR count). The van der Waals surface area contributed by atoms with Crippen molar-refractivity contribution in [3.8, 4) is 0 Å². The van der Waals surface area contributed by atoms with Crippen LogP contribution in [0.2, 0.25) is 0 Å². The molecule has 0 radical (unpaired) electrons. The average molecular weight is 195 g/mol. The standard InChI is InChI=1S/C9H17N5/c1-11-9-12-8(10)14(13-9)7-5-3-2-4-6-7/h7H,2-6H2,1H3,(H3,10,11,12,13). The van der Waals surface area contributed by atoms with E-state index in [-0.39, 0.29) is 0 Å². The highest BCUT2D eigenvalue weighted by Crippen LogP contribution is 2.29. The molecule has 0 atom stereocenters. The largest absolute Gasteiger partial charge is 0.368 e. The molecule has 0 aliphatic heterocycles. The number of nitrogens with one attached hydrogen (secondary N) is 1. The van der Waals surface area contributed by atoms with E-state index < -0.39 is 0 Å². The van der Waals surface area contributed by atoms with Crippen LogP contribution in [-0.2, 0) is 0 Å². The molecule has 5 nitrogen and oxygen atoms in total. The Labute approximate surface area is 83.7 Å². The number of nitrogens with two attached hydrogens (primary N) is 1. The van der Waals surface area contributed by atoms with Gasteiger partial charge >= 0.3 is 0 Å². The summed E-state index contributed by atoms with van der Waals surface area (Å²) in [5.74, 6) is 1.15. The molecular weight excluding hydrogens is 178 g/mol. The summed E-state index contributed by atoms with van der Waals surface area (Å²) in [6, 6.07) is 0.457. The van der Waals surface area contributed by atoms with Gasteiger partial charge in [-0.25, -0.2) is 4.68 Å². The maximum Gasteiger partial charge on any atom is 0.243 e. The van der Waals surface area contributed by atoms with Gasteiger partial charge in [-0.15, -0.1) is 5.10 Å². The summed E-state index contributed by atoms with van der Waals surface area (Å²) < 4.78 is 1.87. The lowest BCUT2D eigenvalue weighted by Crippen LogP contribution is -2.16. The van der Waals surface area contributed by atoms with Crippen molar-refractivity contribution in [2.75, 3.05) is 18.1 Å². The number of anilines is 2. The van der Waals surface area contributed by atoms with Crippen molar-refractivity contribution in [1.29, 1.82) is 0 Å².